The van der Waals surface area contributed by atoms with E-state index in [0.29, 0.717) is 0 Å². The minimum Gasteiger partial charge on any atom is -1.00 e. The van der Waals surface area contributed by atoms with Gasteiger partial charge in [-0.15, -0.1) is 0 Å². The predicted octanol–water partition coefficient (Wildman–Crippen LogP) is 5.19. The van der Waals surface area contributed by atoms with E-state index in [4.69, 9.17) is 0 Å². The van der Waals surface area contributed by atoms with Crippen molar-refractivity contribution in [1.29, 1.82) is 0 Å². The fraction of sp³-hybridized carbons (Fsp3) is 0.565. The zero-order chi connectivity index (χ0) is 35.2. The van der Waals surface area contributed by atoms with Crippen molar-refractivity contribution in [1.82, 2.24) is 9.97 Å². The van der Waals surface area contributed by atoms with Crippen LogP contribution in [0.3, 0.4) is 0 Å². The van der Waals surface area contributed by atoms with Crippen LogP contribution in [0, 0.1) is 0 Å². The van der Waals surface area contributed by atoms with Crippen molar-refractivity contribution < 1.29 is 57.1 Å². The van der Waals surface area contributed by atoms with Crippen molar-refractivity contribution >= 4 is 0 Å². The maximum Gasteiger partial charge on any atom is 0.171 e. The Morgan fingerprint density at radius 3 is 0.904 bits per heavy atom. The smallest absolute Gasteiger partial charge is 0.171 e. The highest BCUT2D eigenvalue weighted by Gasteiger charge is 2.01. The zero-order valence-corrected chi connectivity index (χ0v) is 37.1. The fourth-order valence-corrected chi connectivity index (χ4v) is 6.83. The molecule has 0 saturated heterocycles. The minimum atomic E-state index is 0. The maximum absolute atomic E-state index is 4.17. The lowest BCUT2D eigenvalue weighted by molar-refractivity contribution is -0.672. The van der Waals surface area contributed by atoms with E-state index in [1.165, 1.54) is 176 Å². The molecule has 0 fully saturated rings. The SMILES string of the molecule is C[n+]1cccc(CCCCCCCCCCCCc2ccc[n+](C)c2)c1.[I-].[I-].c1cncc(CCCCCCCCCCCCc2cccnc2)c1. The summed E-state index contributed by atoms with van der Waals surface area (Å²) in [7, 11) is 4.20. The molecule has 0 aromatic carbocycles. The van der Waals surface area contributed by atoms with Crippen LogP contribution in [-0.4, -0.2) is 9.97 Å². The van der Waals surface area contributed by atoms with Crippen LogP contribution in [0.2, 0.25) is 0 Å². The first-order chi connectivity index (χ1) is 24.7. The van der Waals surface area contributed by atoms with Gasteiger partial charge in [-0.3, -0.25) is 9.97 Å². The van der Waals surface area contributed by atoms with Gasteiger partial charge in [0.25, 0.3) is 0 Å². The minimum absolute atomic E-state index is 0. The van der Waals surface area contributed by atoms with Crippen LogP contribution in [-0.2, 0) is 39.8 Å². The second-order valence-corrected chi connectivity index (χ2v) is 14.5. The molecule has 4 rings (SSSR count). The van der Waals surface area contributed by atoms with Crippen LogP contribution >= 0.6 is 0 Å². The Morgan fingerprint density at radius 2 is 0.635 bits per heavy atom. The number of pyridine rings is 4. The molecule has 0 amide bonds. The summed E-state index contributed by atoms with van der Waals surface area (Å²) in [5, 5.41) is 0. The monoisotopic (exact) mass is 932 g/mol. The van der Waals surface area contributed by atoms with Gasteiger partial charge >= 0.3 is 0 Å². The summed E-state index contributed by atoms with van der Waals surface area (Å²) in [6, 6.07) is 17.2. The second kappa shape index (κ2) is 33.6. The summed E-state index contributed by atoms with van der Waals surface area (Å²) in [6.07, 6.45) is 48.9. The number of nitrogens with zero attached hydrogens (tertiary/aromatic N) is 4. The quantitative estimate of drug-likeness (QED) is 0.0494. The van der Waals surface area contributed by atoms with Gasteiger partial charge in [-0.05, 0) is 86.8 Å². The van der Waals surface area contributed by atoms with Crippen molar-refractivity contribution in [2.45, 2.75) is 154 Å². The second-order valence-electron chi connectivity index (χ2n) is 14.5. The van der Waals surface area contributed by atoms with Crippen LogP contribution in [0.1, 0.15) is 151 Å². The van der Waals surface area contributed by atoms with Crippen LogP contribution in [0.4, 0.5) is 0 Å². The van der Waals surface area contributed by atoms with Crippen molar-refractivity contribution in [3.63, 3.8) is 0 Å². The molecule has 0 atom stereocenters. The summed E-state index contributed by atoms with van der Waals surface area (Å²) in [5.74, 6) is 0. The molecule has 4 heterocycles. The highest BCUT2D eigenvalue weighted by Crippen LogP contribution is 2.15. The average molecular weight is 933 g/mol. The van der Waals surface area contributed by atoms with Gasteiger partial charge in [-0.1, -0.05) is 115 Å². The summed E-state index contributed by atoms with van der Waals surface area (Å²) in [5.41, 5.74) is 5.70. The Labute approximate surface area is 353 Å². The Balaban J connectivity index is 0.000000502. The molecule has 6 heteroatoms. The number of unbranched alkanes of at least 4 members (excludes halogenated alkanes) is 18. The van der Waals surface area contributed by atoms with E-state index in [0.717, 1.165) is 0 Å². The van der Waals surface area contributed by atoms with Crippen LogP contribution < -0.4 is 57.1 Å². The van der Waals surface area contributed by atoms with Gasteiger partial charge in [0.15, 0.2) is 24.8 Å². The summed E-state index contributed by atoms with van der Waals surface area (Å²) >= 11 is 0. The number of rotatable bonds is 26. The number of aromatic nitrogens is 4. The molecule has 0 radical (unpaired) electrons. The summed E-state index contributed by atoms with van der Waals surface area (Å²) in [6.45, 7) is 0. The number of hydrogen-bond acceptors (Lipinski definition) is 2. The molecule has 4 aromatic heterocycles. The Bertz CT molecular complexity index is 1250. The zero-order valence-electron chi connectivity index (χ0n) is 32.8. The molecular formula is C46H70I2N4. The average Bonchev–Trinajstić information content (AvgIpc) is 3.14. The molecule has 4 nitrogen and oxygen atoms in total. The molecule has 0 aliphatic carbocycles. The fourth-order valence-electron chi connectivity index (χ4n) is 6.83. The lowest BCUT2D eigenvalue weighted by atomic mass is 10.0. The predicted molar refractivity (Wildman–Crippen MR) is 211 cm³/mol. The number of aryl methyl sites for hydroxylation is 6. The first kappa shape index (κ1) is 48.1. The van der Waals surface area contributed by atoms with E-state index in [1.54, 1.807) is 0 Å². The van der Waals surface area contributed by atoms with E-state index in [9.17, 15) is 0 Å². The van der Waals surface area contributed by atoms with Gasteiger partial charge in [0.05, 0.1) is 0 Å². The van der Waals surface area contributed by atoms with Gasteiger partial charge in [-0.25, -0.2) is 9.13 Å². The van der Waals surface area contributed by atoms with Gasteiger partial charge in [0, 0.05) is 48.0 Å². The number of halogens is 2. The third kappa shape index (κ3) is 25.9. The molecular weight excluding hydrogens is 862 g/mol. The Hall–Kier alpha value is -1.94. The van der Waals surface area contributed by atoms with Crippen molar-refractivity contribution in [2.24, 2.45) is 14.1 Å². The molecule has 288 valence electrons. The summed E-state index contributed by atoms with van der Waals surface area (Å²) < 4.78 is 4.30. The third-order valence-electron chi connectivity index (χ3n) is 9.81. The lowest BCUT2D eigenvalue weighted by Gasteiger charge is -2.03. The van der Waals surface area contributed by atoms with E-state index in [-0.39, 0.29) is 48.0 Å². The normalized spacial score (nSPS) is 10.5. The molecule has 0 unspecified atom stereocenters. The van der Waals surface area contributed by atoms with E-state index >= 15 is 0 Å². The van der Waals surface area contributed by atoms with Crippen LogP contribution in [0.15, 0.2) is 98.1 Å². The third-order valence-corrected chi connectivity index (χ3v) is 9.81. The topological polar surface area (TPSA) is 33.5 Å². The first-order valence-electron chi connectivity index (χ1n) is 20.4. The van der Waals surface area contributed by atoms with Crippen molar-refractivity contribution in [3.8, 4) is 0 Å². The van der Waals surface area contributed by atoms with E-state index in [2.05, 4.69) is 94.4 Å². The largest absolute Gasteiger partial charge is 1.00 e. The van der Waals surface area contributed by atoms with Crippen LogP contribution in [0.5, 0.6) is 0 Å². The van der Waals surface area contributed by atoms with Gasteiger partial charge < -0.3 is 48.0 Å². The van der Waals surface area contributed by atoms with Gasteiger partial charge in [0.2, 0.25) is 0 Å². The Morgan fingerprint density at radius 1 is 0.365 bits per heavy atom. The van der Waals surface area contributed by atoms with E-state index in [1.807, 2.05) is 36.9 Å². The van der Waals surface area contributed by atoms with E-state index < -0.39 is 0 Å². The molecule has 4 aromatic rings. The molecule has 0 saturated carbocycles. The standard InChI is InChI=1S/C24H38N2.C22H32N2.2HI/c1-25-19-13-17-23(21-25)15-11-9-7-5-3-4-6-8-10-12-16-24-18-14-20-26(2)22-24;1(3-5-7-9-13-21-15-11-17-23-19-21)2-4-6-8-10-14-22-16-12-18-24-20-22;;/h13-14,17-22H,3-12,15-16H2,1-2H3;11-12,15-20H,1-10,13-14H2;2*1H/q+2;;;/p-2. The molecule has 0 aliphatic heterocycles. The highest BCUT2D eigenvalue weighted by atomic mass is 127. The van der Waals surface area contributed by atoms with Crippen molar-refractivity contribution in [2.75, 3.05) is 0 Å². The van der Waals surface area contributed by atoms with Crippen LogP contribution in [0.25, 0.3) is 0 Å². The molecule has 52 heavy (non-hydrogen) atoms. The van der Waals surface area contributed by atoms with Crippen molar-refractivity contribution in [3.05, 3.63) is 120 Å². The summed E-state index contributed by atoms with van der Waals surface area (Å²) in [4.78, 5) is 8.34. The lowest BCUT2D eigenvalue weighted by Crippen LogP contribution is -3.00. The Kier molecular flexibility index (Phi) is 31.1. The van der Waals surface area contributed by atoms with Gasteiger partial charge in [0.1, 0.15) is 14.1 Å². The maximum atomic E-state index is 4.17. The highest BCUT2D eigenvalue weighted by molar-refractivity contribution is 5.09. The van der Waals surface area contributed by atoms with Gasteiger partial charge in [-0.2, -0.15) is 0 Å². The molecule has 0 bridgehead atoms. The number of hydrogen-bond donors (Lipinski definition) is 0. The molecule has 0 N–H and O–H groups in total. The molecule has 0 aliphatic rings. The first-order valence-corrected chi connectivity index (χ1v) is 20.4. The molecule has 0 spiro atoms.